The fourth-order valence-corrected chi connectivity index (χ4v) is 26.9. The minimum Gasteiger partial charge on any atom is -0.455 e. The predicted octanol–water partition coefficient (Wildman–Crippen LogP) is 38.0. The average molecular weight is 1820 g/mol. The molecular formula is C127H78N4O2S4. The first-order valence-electron chi connectivity index (χ1n) is 46.5. The van der Waals surface area contributed by atoms with Gasteiger partial charge in [-0.25, -0.2) is 0 Å². The van der Waals surface area contributed by atoms with Crippen LogP contribution < -0.4 is 19.6 Å². The van der Waals surface area contributed by atoms with Crippen molar-refractivity contribution < 1.29 is 8.83 Å². The highest BCUT2D eigenvalue weighted by molar-refractivity contribution is 7.99. The van der Waals surface area contributed by atoms with Crippen LogP contribution in [-0.2, 0) is 5.41 Å². The van der Waals surface area contributed by atoms with Crippen molar-refractivity contribution in [1.82, 2.24) is 0 Å². The second-order valence-electron chi connectivity index (χ2n) is 35.6. The predicted molar refractivity (Wildman–Crippen MR) is 582 cm³/mol. The van der Waals surface area contributed by atoms with Gasteiger partial charge < -0.3 is 28.4 Å². The van der Waals surface area contributed by atoms with E-state index < -0.39 is 5.41 Å². The van der Waals surface area contributed by atoms with Gasteiger partial charge in [0.2, 0.25) is 0 Å². The van der Waals surface area contributed by atoms with E-state index in [9.17, 15) is 0 Å². The molecule has 0 saturated heterocycles. The van der Waals surface area contributed by atoms with Crippen molar-refractivity contribution >= 4 is 218 Å². The highest BCUT2D eigenvalue weighted by Crippen LogP contribution is 2.67. The molecule has 0 saturated carbocycles. The van der Waals surface area contributed by atoms with Gasteiger partial charge in [-0.15, -0.1) is 34.0 Å². The second kappa shape index (κ2) is 31.8. The van der Waals surface area contributed by atoms with E-state index in [1.165, 1.54) is 71.6 Å². The van der Waals surface area contributed by atoms with Crippen molar-refractivity contribution in [2.75, 3.05) is 19.6 Å². The molecule has 1 aliphatic carbocycles. The molecule has 642 valence electrons. The fourth-order valence-electron chi connectivity index (χ4n) is 22.1. The fraction of sp³-hybridized carbons (Fsp3) is 0.00787. The largest absolute Gasteiger partial charge is 0.455 e. The Morgan fingerprint density at radius 2 is 0.591 bits per heavy atom. The van der Waals surface area contributed by atoms with Gasteiger partial charge in [0.15, 0.2) is 0 Å². The Balaban J connectivity index is 0.749. The van der Waals surface area contributed by atoms with Crippen LogP contribution in [-0.4, -0.2) is 0 Å². The molecule has 1 spiro atoms. The molecule has 21 aromatic carbocycles. The van der Waals surface area contributed by atoms with Crippen molar-refractivity contribution in [3.05, 3.63) is 495 Å². The van der Waals surface area contributed by atoms with E-state index in [4.69, 9.17) is 8.83 Å². The van der Waals surface area contributed by atoms with Crippen molar-refractivity contribution in [2.45, 2.75) is 15.2 Å². The van der Waals surface area contributed by atoms with Crippen molar-refractivity contribution in [3.63, 3.8) is 0 Å². The number of thiophene rings is 3. The third-order valence-corrected chi connectivity index (χ3v) is 32.6. The molecule has 6 heterocycles. The number of benzene rings is 21. The molecule has 0 amide bonds. The Labute approximate surface area is 806 Å². The first kappa shape index (κ1) is 79.0. The molecule has 137 heavy (non-hydrogen) atoms. The third-order valence-electron chi connectivity index (χ3n) is 28.0. The summed E-state index contributed by atoms with van der Waals surface area (Å²) in [6.45, 7) is 0. The third kappa shape index (κ3) is 12.6. The minimum absolute atomic E-state index is 0.834. The van der Waals surface area contributed by atoms with Crippen LogP contribution in [0.2, 0.25) is 0 Å². The highest BCUT2D eigenvalue weighted by atomic mass is 32.2. The standard InChI is InChI=1S/C127H78N4O2S4/c1-8-34-79(35-9-1)82-68-110(122-98-51-25-30-60-115(98)134-119(122)70-82)129(85-42-16-5-17-43-85)89-63-66-106-117(77-89)136-118-78-90(130(86-44-18-6-19-45-86)111-69-83(80-36-10-2-11-37-80)71-120-123(111)99-52-26-31-61-116(99)135-120)64-67-107(118)127(106)105-65-62-88(128(84-40-14-4-15-41-84)91-75-102-95-50-24-29-59-114(95)137-126(102)103(76-91)97-54-32-53-96-93-48-22-27-57-112(93)132-124(96)97)72-104(105)121-108(127)55-33-56-109(121)131(87-46-20-7-21-47-87)92-73-100(81-38-12-3-13-39-81)125-101(74-92)94-49-23-28-58-113(94)133-125/h1-78H. The van der Waals surface area contributed by atoms with Crippen LogP contribution >= 0.6 is 45.8 Å². The summed E-state index contributed by atoms with van der Waals surface area (Å²) < 4.78 is 21.5. The number of hydrogen-bond donors (Lipinski definition) is 0. The number of fused-ring (bicyclic) bond motifs is 24. The monoisotopic (exact) mass is 1820 g/mol. The summed E-state index contributed by atoms with van der Waals surface area (Å²) in [6, 6.07) is 176. The van der Waals surface area contributed by atoms with Crippen LogP contribution in [0.25, 0.3) is 160 Å². The maximum atomic E-state index is 7.08. The molecule has 26 aromatic rings. The van der Waals surface area contributed by atoms with E-state index in [1.807, 2.05) is 45.8 Å². The normalized spacial score (nSPS) is 12.6. The Kier molecular flexibility index (Phi) is 18.4. The zero-order valence-corrected chi connectivity index (χ0v) is 77.0. The average Bonchev–Trinajstić information content (AvgIpc) is 1.51. The van der Waals surface area contributed by atoms with Crippen molar-refractivity contribution in [1.29, 1.82) is 0 Å². The van der Waals surface area contributed by atoms with Gasteiger partial charge in [-0.2, -0.15) is 0 Å². The summed E-state index contributed by atoms with van der Waals surface area (Å²) >= 11 is 7.45. The number of anilines is 12. The molecule has 0 bridgehead atoms. The lowest BCUT2D eigenvalue weighted by Gasteiger charge is -2.41. The summed E-state index contributed by atoms with van der Waals surface area (Å²) in [5, 5.41) is 11.5. The van der Waals surface area contributed by atoms with Crippen LogP contribution in [0.1, 0.15) is 22.3 Å². The van der Waals surface area contributed by atoms with Crippen LogP contribution in [0, 0.1) is 0 Å². The van der Waals surface area contributed by atoms with E-state index in [1.54, 1.807) is 0 Å². The van der Waals surface area contributed by atoms with Gasteiger partial charge in [0.05, 0.1) is 22.5 Å². The molecule has 10 heteroatoms. The van der Waals surface area contributed by atoms with Crippen LogP contribution in [0.5, 0.6) is 0 Å². The molecule has 0 atom stereocenters. The lowest BCUT2D eigenvalue weighted by Crippen LogP contribution is -2.32. The van der Waals surface area contributed by atoms with E-state index in [-0.39, 0.29) is 0 Å². The van der Waals surface area contributed by atoms with Gasteiger partial charge >= 0.3 is 0 Å². The molecule has 0 N–H and O–H groups in total. The smallest absolute Gasteiger partial charge is 0.143 e. The molecule has 0 unspecified atom stereocenters. The second-order valence-corrected chi connectivity index (χ2v) is 39.9. The number of furan rings is 2. The van der Waals surface area contributed by atoms with Crippen molar-refractivity contribution in [3.8, 4) is 55.6 Å². The van der Waals surface area contributed by atoms with Crippen LogP contribution in [0.15, 0.2) is 492 Å². The lowest BCUT2D eigenvalue weighted by atomic mass is 9.67. The van der Waals surface area contributed by atoms with Crippen molar-refractivity contribution in [2.24, 2.45) is 0 Å². The SMILES string of the molecule is c1ccc(-c2cc(N(c3ccccc3)c3ccc4c(c3)Sc3cc(N(c5ccccc5)c5cc(-c6ccccc6)cc6sc7ccccc7c56)ccc3C43c4ccc(N(c5ccccc5)c5cc(-c6cccc7c6oc6ccccc67)c6sc7ccccc7c6c5)cc4-c4c(N(c5ccccc5)c5cc(-c6ccccc6)c6oc7ccccc7c6c5)cccc43)c3c(c2)sc2ccccc23)cc1. The summed E-state index contributed by atoms with van der Waals surface area (Å²) in [7, 11) is 0. The van der Waals surface area contributed by atoms with Gasteiger partial charge in [0.25, 0.3) is 0 Å². The summed E-state index contributed by atoms with van der Waals surface area (Å²) in [6.07, 6.45) is 0. The van der Waals surface area contributed by atoms with E-state index >= 15 is 0 Å². The summed E-state index contributed by atoms with van der Waals surface area (Å²) in [5.41, 5.74) is 30.5. The van der Waals surface area contributed by atoms with E-state index in [2.05, 4.69) is 493 Å². The summed E-state index contributed by atoms with van der Waals surface area (Å²) in [5.74, 6) is 0. The molecule has 6 nitrogen and oxygen atoms in total. The van der Waals surface area contributed by atoms with Gasteiger partial charge in [0, 0.05) is 165 Å². The van der Waals surface area contributed by atoms with Gasteiger partial charge in [-0.1, -0.05) is 315 Å². The Morgan fingerprint density at radius 1 is 0.197 bits per heavy atom. The molecule has 2 aliphatic rings. The van der Waals surface area contributed by atoms with Gasteiger partial charge in [-0.05, 0) is 225 Å². The Hall–Kier alpha value is -16.6. The maximum Gasteiger partial charge on any atom is 0.143 e. The molecular weight excluding hydrogens is 1740 g/mol. The topological polar surface area (TPSA) is 39.2 Å². The molecule has 1 aliphatic heterocycles. The quantitative estimate of drug-likeness (QED) is 0.0954. The number of rotatable bonds is 16. The lowest BCUT2D eigenvalue weighted by molar-refractivity contribution is 0.669. The minimum atomic E-state index is -1.03. The van der Waals surface area contributed by atoms with Gasteiger partial charge in [0.1, 0.15) is 22.3 Å². The van der Waals surface area contributed by atoms with E-state index in [0.717, 1.165) is 189 Å². The molecule has 28 rings (SSSR count). The van der Waals surface area contributed by atoms with Gasteiger partial charge in [-0.3, -0.25) is 0 Å². The first-order chi connectivity index (χ1) is 67.9. The number of para-hydroxylation sites is 7. The molecule has 5 aromatic heterocycles. The maximum absolute atomic E-state index is 7.08. The molecule has 0 radical (unpaired) electrons. The van der Waals surface area contributed by atoms with Crippen LogP contribution in [0.3, 0.4) is 0 Å². The zero-order valence-electron chi connectivity index (χ0n) is 73.8. The Morgan fingerprint density at radius 3 is 1.13 bits per heavy atom. The molecule has 0 fully saturated rings. The van der Waals surface area contributed by atoms with E-state index in [0.29, 0.717) is 0 Å². The number of hydrogen-bond acceptors (Lipinski definition) is 10. The Bertz CT molecular complexity index is 9110. The summed E-state index contributed by atoms with van der Waals surface area (Å²) in [4.78, 5) is 12.4. The van der Waals surface area contributed by atoms with Crippen LogP contribution in [0.4, 0.5) is 68.2 Å². The first-order valence-corrected chi connectivity index (χ1v) is 49.7. The number of nitrogens with zero attached hydrogens (tertiary/aromatic N) is 4. The highest BCUT2D eigenvalue weighted by Gasteiger charge is 2.52. The zero-order chi connectivity index (χ0) is 89.9.